The van der Waals surface area contributed by atoms with Crippen molar-refractivity contribution in [1.29, 1.82) is 0 Å². The maximum Gasteiger partial charge on any atom is 0.375 e. The highest BCUT2D eigenvalue weighted by molar-refractivity contribution is 5.94. The highest BCUT2D eigenvalue weighted by Gasteiger charge is 2.31. The van der Waals surface area contributed by atoms with E-state index in [1.807, 2.05) is 6.07 Å². The third-order valence-corrected chi connectivity index (χ3v) is 4.87. The van der Waals surface area contributed by atoms with Crippen LogP contribution in [0, 0.1) is 0 Å². The summed E-state index contributed by atoms with van der Waals surface area (Å²) < 4.78 is 11.2. The van der Waals surface area contributed by atoms with Gasteiger partial charge in [-0.05, 0) is 31.9 Å². The van der Waals surface area contributed by atoms with Crippen molar-refractivity contribution >= 4 is 17.7 Å². The fourth-order valence-corrected chi connectivity index (χ4v) is 3.04. The lowest BCUT2D eigenvalue weighted by Crippen LogP contribution is -2.33. The van der Waals surface area contributed by atoms with Crippen molar-refractivity contribution in [2.75, 3.05) is 0 Å². The van der Waals surface area contributed by atoms with Gasteiger partial charge < -0.3 is 14.5 Å². The summed E-state index contributed by atoms with van der Waals surface area (Å²) in [6.07, 6.45) is 0.818. The predicted octanol–water partition coefficient (Wildman–Crippen LogP) is 4.33. The molecule has 0 unspecified atom stereocenters. The van der Waals surface area contributed by atoms with Crippen molar-refractivity contribution in [3.05, 3.63) is 83.6 Å². The average molecular weight is 403 g/mol. The van der Waals surface area contributed by atoms with E-state index >= 15 is 0 Å². The molecule has 30 heavy (non-hydrogen) atoms. The molecule has 1 fully saturated rings. The van der Waals surface area contributed by atoms with Crippen LogP contribution in [0.1, 0.15) is 52.3 Å². The van der Waals surface area contributed by atoms with Gasteiger partial charge in [0.2, 0.25) is 11.9 Å². The number of amides is 1. The average Bonchev–Trinajstić information content (AvgIpc) is 3.43. The third-order valence-electron chi connectivity index (χ3n) is 4.87. The van der Waals surface area contributed by atoms with Crippen molar-refractivity contribution < 1.29 is 23.5 Å². The topological polar surface area (TPSA) is 85.6 Å². The third kappa shape index (κ3) is 4.49. The number of rotatable bonds is 7. The molecule has 152 valence electrons. The van der Waals surface area contributed by atoms with Crippen LogP contribution in [0.5, 0.6) is 0 Å². The summed E-state index contributed by atoms with van der Waals surface area (Å²) in [5, 5.41) is 2.88. The highest BCUT2D eigenvalue weighted by atomic mass is 16.6. The number of hydrogen-bond acceptors (Lipinski definition) is 5. The van der Waals surface area contributed by atoms with Gasteiger partial charge in [0.25, 0.3) is 5.91 Å². The van der Waals surface area contributed by atoms with Crippen LogP contribution in [0.4, 0.5) is 0 Å². The summed E-state index contributed by atoms with van der Waals surface area (Å²) in [5.41, 5.74) is 1.91. The smallest absolute Gasteiger partial charge is 0.375 e. The molecule has 0 spiro atoms. The summed E-state index contributed by atoms with van der Waals surface area (Å²) in [4.78, 5) is 36.7. The van der Waals surface area contributed by atoms with E-state index in [9.17, 15) is 14.4 Å². The zero-order chi connectivity index (χ0) is 21.1. The number of carbonyl (C=O) groups excluding carboxylic acids is 3. The fourth-order valence-electron chi connectivity index (χ4n) is 3.04. The van der Waals surface area contributed by atoms with Gasteiger partial charge in [-0.25, -0.2) is 4.79 Å². The molecule has 0 aliphatic heterocycles. The van der Waals surface area contributed by atoms with Crippen LogP contribution < -0.4 is 5.32 Å². The Bertz CT molecular complexity index is 1060. The molecular formula is C24H21NO5. The Hall–Kier alpha value is -3.67. The molecule has 1 amide bonds. The summed E-state index contributed by atoms with van der Waals surface area (Å²) in [6.45, 7) is 1.50. The Kier molecular flexibility index (Phi) is 5.48. The minimum atomic E-state index is -1.05. The summed E-state index contributed by atoms with van der Waals surface area (Å²) in [7, 11) is 0. The number of ether oxygens (including phenoxy) is 1. The Morgan fingerprint density at radius 1 is 0.967 bits per heavy atom. The van der Waals surface area contributed by atoms with Gasteiger partial charge in [0.15, 0.2) is 5.78 Å². The van der Waals surface area contributed by atoms with E-state index in [-0.39, 0.29) is 23.5 Å². The summed E-state index contributed by atoms with van der Waals surface area (Å²) in [6, 6.07) is 19.1. The molecule has 0 radical (unpaired) electrons. The Labute approximate surface area is 173 Å². The monoisotopic (exact) mass is 403 g/mol. The first-order valence-corrected chi connectivity index (χ1v) is 9.79. The van der Waals surface area contributed by atoms with E-state index < -0.39 is 12.1 Å². The Balaban J connectivity index is 1.51. The molecule has 4 rings (SSSR count). The second kappa shape index (κ2) is 8.37. The SMILES string of the molecule is CC(=O)c1ccc(-c2ccc(C(=O)O[C@@H](C(=O)NC3CC3)c3ccccc3)o2)cc1. The largest absolute Gasteiger partial charge is 0.449 e. The first kappa shape index (κ1) is 19.6. The number of hydrogen-bond donors (Lipinski definition) is 1. The van der Waals surface area contributed by atoms with Crippen molar-refractivity contribution in [2.24, 2.45) is 0 Å². The molecule has 1 atom stereocenters. The van der Waals surface area contributed by atoms with E-state index in [4.69, 9.17) is 9.15 Å². The summed E-state index contributed by atoms with van der Waals surface area (Å²) in [5.74, 6) is -0.622. The highest BCUT2D eigenvalue weighted by Crippen LogP contribution is 2.26. The van der Waals surface area contributed by atoms with Crippen LogP contribution in [0.2, 0.25) is 0 Å². The maximum absolute atomic E-state index is 12.7. The number of ketones is 1. The molecule has 0 saturated heterocycles. The van der Waals surface area contributed by atoms with E-state index in [1.165, 1.54) is 13.0 Å². The molecule has 1 aromatic heterocycles. The molecule has 6 heteroatoms. The van der Waals surface area contributed by atoms with Crippen molar-refractivity contribution in [1.82, 2.24) is 5.32 Å². The second-order valence-electron chi connectivity index (χ2n) is 7.28. The van der Waals surface area contributed by atoms with E-state index in [1.54, 1.807) is 54.6 Å². The molecular weight excluding hydrogens is 382 g/mol. The zero-order valence-corrected chi connectivity index (χ0v) is 16.5. The lowest BCUT2D eigenvalue weighted by atomic mass is 10.1. The fraction of sp³-hybridized carbons (Fsp3) is 0.208. The van der Waals surface area contributed by atoms with Crippen LogP contribution in [0.3, 0.4) is 0 Å². The Morgan fingerprint density at radius 3 is 2.30 bits per heavy atom. The summed E-state index contributed by atoms with van der Waals surface area (Å²) >= 11 is 0. The van der Waals surface area contributed by atoms with Gasteiger partial charge in [0, 0.05) is 22.7 Å². The molecule has 1 aliphatic carbocycles. The zero-order valence-electron chi connectivity index (χ0n) is 16.5. The molecule has 1 aliphatic rings. The molecule has 1 heterocycles. The minimum Gasteiger partial charge on any atom is -0.449 e. The van der Waals surface area contributed by atoms with Crippen LogP contribution >= 0.6 is 0 Å². The lowest BCUT2D eigenvalue weighted by Gasteiger charge is -2.17. The maximum atomic E-state index is 12.7. The van der Waals surface area contributed by atoms with Crippen LogP contribution in [-0.4, -0.2) is 23.7 Å². The van der Waals surface area contributed by atoms with Gasteiger partial charge in [-0.3, -0.25) is 9.59 Å². The van der Waals surface area contributed by atoms with Crippen LogP contribution in [-0.2, 0) is 9.53 Å². The van der Waals surface area contributed by atoms with Crippen LogP contribution in [0.15, 0.2) is 71.1 Å². The van der Waals surface area contributed by atoms with Gasteiger partial charge >= 0.3 is 5.97 Å². The predicted molar refractivity (Wildman–Crippen MR) is 110 cm³/mol. The first-order valence-electron chi connectivity index (χ1n) is 9.79. The molecule has 2 aromatic carbocycles. The van der Waals surface area contributed by atoms with Crippen molar-refractivity contribution in [3.8, 4) is 11.3 Å². The number of Topliss-reactive ketones (excluding diaryl/α,β-unsaturated/α-hetero) is 1. The van der Waals surface area contributed by atoms with E-state index in [0.29, 0.717) is 16.9 Å². The van der Waals surface area contributed by atoms with Crippen molar-refractivity contribution in [2.45, 2.75) is 31.9 Å². The number of carbonyl (C=O) groups is 3. The first-order chi connectivity index (χ1) is 14.5. The van der Waals surface area contributed by atoms with Crippen molar-refractivity contribution in [3.63, 3.8) is 0 Å². The van der Waals surface area contributed by atoms with E-state index in [0.717, 1.165) is 18.4 Å². The quantitative estimate of drug-likeness (QED) is 0.469. The normalized spacial score (nSPS) is 14.0. The minimum absolute atomic E-state index is 0.000738. The number of esters is 1. The van der Waals surface area contributed by atoms with Gasteiger partial charge in [0.05, 0.1) is 0 Å². The molecule has 0 bridgehead atoms. The van der Waals surface area contributed by atoms with E-state index in [2.05, 4.69) is 5.32 Å². The van der Waals surface area contributed by atoms with Gasteiger partial charge in [0.1, 0.15) is 5.76 Å². The Morgan fingerprint density at radius 2 is 1.67 bits per heavy atom. The number of nitrogens with one attached hydrogen (secondary N) is 1. The lowest BCUT2D eigenvalue weighted by molar-refractivity contribution is -0.130. The standard InChI is InChI=1S/C24H21NO5/c1-15(26)16-7-9-17(10-8-16)20-13-14-21(29-20)24(28)30-22(18-5-3-2-4-6-18)23(27)25-19-11-12-19/h2-10,13-14,19,22H,11-12H2,1H3,(H,25,27)/t22-/m1/s1. The molecule has 1 saturated carbocycles. The van der Waals surface area contributed by atoms with Gasteiger partial charge in [-0.15, -0.1) is 0 Å². The number of furan rings is 1. The van der Waals surface area contributed by atoms with Gasteiger partial charge in [-0.1, -0.05) is 54.6 Å². The van der Waals surface area contributed by atoms with Crippen LogP contribution in [0.25, 0.3) is 11.3 Å². The molecule has 1 N–H and O–H groups in total. The molecule has 3 aromatic rings. The number of benzene rings is 2. The second-order valence-corrected chi connectivity index (χ2v) is 7.28. The molecule has 6 nitrogen and oxygen atoms in total. The van der Waals surface area contributed by atoms with Gasteiger partial charge in [-0.2, -0.15) is 0 Å².